The molecular weight excluding hydrogens is 398 g/mol. The number of amides is 1. The summed E-state index contributed by atoms with van der Waals surface area (Å²) in [6.45, 7) is 6.97. The number of piperazine rings is 1. The van der Waals surface area contributed by atoms with Gasteiger partial charge in [-0.1, -0.05) is 6.07 Å². The van der Waals surface area contributed by atoms with Gasteiger partial charge in [-0.25, -0.2) is 0 Å². The van der Waals surface area contributed by atoms with Crippen molar-refractivity contribution in [2.45, 2.75) is 44.7 Å². The summed E-state index contributed by atoms with van der Waals surface area (Å²) >= 11 is 0. The van der Waals surface area contributed by atoms with Gasteiger partial charge in [0.15, 0.2) is 11.5 Å². The summed E-state index contributed by atoms with van der Waals surface area (Å²) in [5.41, 5.74) is 1.25. The van der Waals surface area contributed by atoms with Crippen LogP contribution >= 0.6 is 0 Å². The van der Waals surface area contributed by atoms with Crippen LogP contribution in [0.4, 0.5) is 0 Å². The van der Waals surface area contributed by atoms with E-state index in [0.717, 1.165) is 70.2 Å². The lowest BCUT2D eigenvalue weighted by molar-refractivity contribution is -0.141. The minimum absolute atomic E-state index is 0.162. The summed E-state index contributed by atoms with van der Waals surface area (Å²) in [4.78, 5) is 30.8. The third-order valence-electron chi connectivity index (χ3n) is 6.51. The van der Waals surface area contributed by atoms with Crippen molar-refractivity contribution in [3.8, 4) is 11.5 Å². The average Bonchev–Trinajstić information content (AvgIpc) is 3.27. The summed E-state index contributed by atoms with van der Waals surface area (Å²) in [6.07, 6.45) is 3.49. The number of esters is 1. The molecule has 2 fully saturated rings. The molecule has 3 aliphatic rings. The molecular formula is C23H33N3O5. The molecule has 0 bridgehead atoms. The third-order valence-corrected chi connectivity index (χ3v) is 6.51. The Labute approximate surface area is 184 Å². The van der Waals surface area contributed by atoms with Gasteiger partial charge < -0.3 is 19.1 Å². The Morgan fingerprint density at radius 1 is 1.06 bits per heavy atom. The van der Waals surface area contributed by atoms with Crippen molar-refractivity contribution < 1.29 is 23.8 Å². The standard InChI is InChI=1S/C23H33N3O5/c1-29-23(28)6-2-5-22(27)26-9-3-4-19(16-26)25-12-10-24(11-13-25)15-18-7-8-20-21(14-18)31-17-30-20/h7-8,14,19H,2-6,9-13,15-17H2,1H3/t19-/m1/s1. The number of carbonyl (C=O) groups is 2. The lowest BCUT2D eigenvalue weighted by Gasteiger charge is -2.43. The Kier molecular flexibility index (Phi) is 7.29. The molecule has 3 aliphatic heterocycles. The van der Waals surface area contributed by atoms with Crippen LogP contribution in [0.2, 0.25) is 0 Å². The van der Waals surface area contributed by atoms with Gasteiger partial charge in [0, 0.05) is 64.7 Å². The first-order valence-corrected chi connectivity index (χ1v) is 11.3. The summed E-state index contributed by atoms with van der Waals surface area (Å²) in [7, 11) is 1.38. The molecule has 31 heavy (non-hydrogen) atoms. The fourth-order valence-electron chi connectivity index (χ4n) is 4.71. The van der Waals surface area contributed by atoms with E-state index >= 15 is 0 Å². The Morgan fingerprint density at radius 3 is 2.68 bits per heavy atom. The highest BCUT2D eigenvalue weighted by Crippen LogP contribution is 2.33. The molecule has 4 rings (SSSR count). The number of hydrogen-bond acceptors (Lipinski definition) is 7. The van der Waals surface area contributed by atoms with Gasteiger partial charge in [0.05, 0.1) is 7.11 Å². The molecule has 0 aromatic heterocycles. The quantitative estimate of drug-likeness (QED) is 0.611. The van der Waals surface area contributed by atoms with Crippen LogP contribution in [-0.4, -0.2) is 85.8 Å². The zero-order chi connectivity index (χ0) is 21.6. The Bertz CT molecular complexity index is 778. The monoisotopic (exact) mass is 431 g/mol. The smallest absolute Gasteiger partial charge is 0.305 e. The van der Waals surface area contributed by atoms with Crippen molar-refractivity contribution in [3.63, 3.8) is 0 Å². The molecule has 0 spiro atoms. The summed E-state index contributed by atoms with van der Waals surface area (Å²) in [5, 5.41) is 0. The van der Waals surface area contributed by atoms with Gasteiger partial charge in [-0.3, -0.25) is 19.4 Å². The highest BCUT2D eigenvalue weighted by Gasteiger charge is 2.30. The number of methoxy groups -OCH3 is 1. The molecule has 3 heterocycles. The first-order chi connectivity index (χ1) is 15.1. The summed E-state index contributed by atoms with van der Waals surface area (Å²) < 4.78 is 15.5. The van der Waals surface area contributed by atoms with Crippen molar-refractivity contribution in [3.05, 3.63) is 23.8 Å². The number of rotatable bonds is 7. The first kappa shape index (κ1) is 21.9. The van der Waals surface area contributed by atoms with Crippen molar-refractivity contribution in [2.24, 2.45) is 0 Å². The maximum atomic E-state index is 12.6. The molecule has 0 aliphatic carbocycles. The van der Waals surface area contributed by atoms with E-state index in [1.54, 1.807) is 0 Å². The van der Waals surface area contributed by atoms with Crippen molar-refractivity contribution in [1.29, 1.82) is 0 Å². The lowest BCUT2D eigenvalue weighted by atomic mass is 10.0. The van der Waals surface area contributed by atoms with Crippen molar-refractivity contribution in [1.82, 2.24) is 14.7 Å². The summed E-state index contributed by atoms with van der Waals surface area (Å²) in [5.74, 6) is 1.59. The number of carbonyl (C=O) groups excluding carboxylic acids is 2. The SMILES string of the molecule is COC(=O)CCCC(=O)N1CCC[C@@H](N2CCN(Cc3ccc4c(c3)OCO4)CC2)C1. The maximum Gasteiger partial charge on any atom is 0.305 e. The number of nitrogens with zero attached hydrogens (tertiary/aromatic N) is 3. The number of piperidine rings is 1. The first-order valence-electron chi connectivity index (χ1n) is 11.3. The molecule has 0 N–H and O–H groups in total. The molecule has 8 heteroatoms. The molecule has 0 radical (unpaired) electrons. The van der Waals surface area contributed by atoms with Crippen LogP contribution in [0.5, 0.6) is 11.5 Å². The Balaban J connectivity index is 1.21. The van der Waals surface area contributed by atoms with Gasteiger partial charge in [0.2, 0.25) is 12.7 Å². The number of fused-ring (bicyclic) bond motifs is 1. The second-order valence-corrected chi connectivity index (χ2v) is 8.57. The molecule has 0 saturated carbocycles. The average molecular weight is 432 g/mol. The van der Waals surface area contributed by atoms with Gasteiger partial charge in [-0.15, -0.1) is 0 Å². The van der Waals surface area contributed by atoms with Crippen LogP contribution in [0.25, 0.3) is 0 Å². The fourth-order valence-corrected chi connectivity index (χ4v) is 4.71. The van der Waals surface area contributed by atoms with Crippen LogP contribution in [0, 0.1) is 0 Å². The minimum Gasteiger partial charge on any atom is -0.469 e. The topological polar surface area (TPSA) is 71.6 Å². The zero-order valence-electron chi connectivity index (χ0n) is 18.4. The van der Waals surface area contributed by atoms with Crippen LogP contribution in [0.1, 0.15) is 37.7 Å². The fraction of sp³-hybridized carbons (Fsp3) is 0.652. The predicted octanol–water partition coefficient (Wildman–Crippen LogP) is 1.87. The van der Waals surface area contributed by atoms with E-state index in [9.17, 15) is 9.59 Å². The lowest BCUT2D eigenvalue weighted by Crippen LogP contribution is -2.55. The highest BCUT2D eigenvalue weighted by atomic mass is 16.7. The molecule has 2 saturated heterocycles. The molecule has 1 amide bonds. The minimum atomic E-state index is -0.247. The van der Waals surface area contributed by atoms with E-state index in [1.807, 2.05) is 11.0 Å². The van der Waals surface area contributed by atoms with Gasteiger partial charge in [-0.2, -0.15) is 0 Å². The van der Waals surface area contributed by atoms with Crippen LogP contribution in [0.3, 0.4) is 0 Å². The van der Waals surface area contributed by atoms with Gasteiger partial charge in [-0.05, 0) is 37.0 Å². The van der Waals surface area contributed by atoms with E-state index in [2.05, 4.69) is 26.7 Å². The molecule has 0 unspecified atom stereocenters. The zero-order valence-corrected chi connectivity index (χ0v) is 18.4. The Hall–Kier alpha value is -2.32. The molecule has 1 aromatic rings. The number of benzene rings is 1. The molecule has 1 atom stereocenters. The van der Waals surface area contributed by atoms with Crippen molar-refractivity contribution >= 4 is 11.9 Å². The second-order valence-electron chi connectivity index (χ2n) is 8.57. The van der Waals surface area contributed by atoms with Crippen LogP contribution in [-0.2, 0) is 20.9 Å². The predicted molar refractivity (Wildman–Crippen MR) is 115 cm³/mol. The van der Waals surface area contributed by atoms with Gasteiger partial charge in [0.25, 0.3) is 0 Å². The van der Waals surface area contributed by atoms with E-state index in [0.29, 0.717) is 32.1 Å². The third kappa shape index (κ3) is 5.68. The van der Waals surface area contributed by atoms with Gasteiger partial charge in [0.1, 0.15) is 0 Å². The van der Waals surface area contributed by atoms with E-state index in [4.69, 9.17) is 9.47 Å². The van der Waals surface area contributed by atoms with Crippen LogP contribution in [0.15, 0.2) is 18.2 Å². The number of hydrogen-bond donors (Lipinski definition) is 0. The van der Waals surface area contributed by atoms with Gasteiger partial charge >= 0.3 is 5.97 Å². The number of ether oxygens (including phenoxy) is 3. The molecule has 1 aromatic carbocycles. The van der Waals surface area contributed by atoms with Crippen LogP contribution < -0.4 is 9.47 Å². The second kappa shape index (κ2) is 10.3. The molecule has 170 valence electrons. The largest absolute Gasteiger partial charge is 0.469 e. The highest BCUT2D eigenvalue weighted by molar-refractivity contribution is 5.77. The van der Waals surface area contributed by atoms with E-state index in [-0.39, 0.29) is 11.9 Å². The molecule has 8 nitrogen and oxygen atoms in total. The maximum absolute atomic E-state index is 12.6. The summed E-state index contributed by atoms with van der Waals surface area (Å²) in [6, 6.07) is 6.63. The van der Waals surface area contributed by atoms with Crippen molar-refractivity contribution in [2.75, 3.05) is 53.2 Å². The van der Waals surface area contributed by atoms with E-state index < -0.39 is 0 Å². The number of likely N-dealkylation sites (tertiary alicyclic amines) is 1. The van der Waals surface area contributed by atoms with E-state index in [1.165, 1.54) is 12.7 Å². The normalized spacial score (nSPS) is 21.8. The Morgan fingerprint density at radius 2 is 1.87 bits per heavy atom.